The maximum absolute atomic E-state index is 11.2. The van der Waals surface area contributed by atoms with Gasteiger partial charge in [0, 0.05) is 32.6 Å². The van der Waals surface area contributed by atoms with Crippen LogP contribution in [-0.4, -0.2) is 63.2 Å². The van der Waals surface area contributed by atoms with E-state index in [0.717, 1.165) is 38.4 Å². The van der Waals surface area contributed by atoms with Gasteiger partial charge in [0.05, 0.1) is 6.04 Å². The molecule has 2 unspecified atom stereocenters. The van der Waals surface area contributed by atoms with E-state index >= 15 is 0 Å². The molecular weight excluding hydrogens is 272 g/mol. The van der Waals surface area contributed by atoms with Crippen molar-refractivity contribution in [1.82, 2.24) is 19.9 Å². The maximum Gasteiger partial charge on any atom is 0.320 e. The van der Waals surface area contributed by atoms with Crippen LogP contribution in [0.4, 0.5) is 0 Å². The summed E-state index contributed by atoms with van der Waals surface area (Å²) in [5, 5.41) is 13.1. The van der Waals surface area contributed by atoms with Gasteiger partial charge < -0.3 is 9.63 Å². The lowest BCUT2D eigenvalue weighted by molar-refractivity contribution is -0.144. The minimum atomic E-state index is -0.733. The van der Waals surface area contributed by atoms with Crippen molar-refractivity contribution < 1.29 is 14.4 Å². The molecule has 0 amide bonds. The highest BCUT2D eigenvalue weighted by molar-refractivity contribution is 5.73. The molecule has 1 aromatic rings. The highest BCUT2D eigenvalue weighted by atomic mass is 16.5. The number of aryl methyl sites for hydroxylation is 1. The van der Waals surface area contributed by atoms with Gasteiger partial charge in [-0.15, -0.1) is 0 Å². The van der Waals surface area contributed by atoms with Crippen molar-refractivity contribution >= 4 is 5.97 Å². The number of aliphatic carboxylic acids is 1. The summed E-state index contributed by atoms with van der Waals surface area (Å²) in [6.07, 6.45) is 1.40. The van der Waals surface area contributed by atoms with Crippen LogP contribution < -0.4 is 0 Å². The summed E-state index contributed by atoms with van der Waals surface area (Å²) < 4.78 is 5.29. The molecule has 118 valence electrons. The molecule has 1 aliphatic heterocycles. The van der Waals surface area contributed by atoms with E-state index in [1.54, 1.807) is 0 Å². The van der Waals surface area contributed by atoms with Crippen LogP contribution in [0.2, 0.25) is 0 Å². The molecule has 0 radical (unpaired) electrons. The molecule has 0 aliphatic carbocycles. The van der Waals surface area contributed by atoms with Crippen LogP contribution in [0.3, 0.4) is 0 Å². The molecule has 2 atom stereocenters. The Morgan fingerprint density at radius 2 is 1.90 bits per heavy atom. The smallest absolute Gasteiger partial charge is 0.320 e. The maximum atomic E-state index is 11.2. The van der Waals surface area contributed by atoms with Gasteiger partial charge >= 0.3 is 5.97 Å². The summed E-state index contributed by atoms with van der Waals surface area (Å²) in [7, 11) is 0. The first-order valence-corrected chi connectivity index (χ1v) is 7.60. The number of nitrogens with zero attached hydrogens (tertiary/aromatic N) is 4. The van der Waals surface area contributed by atoms with Crippen LogP contribution in [-0.2, 0) is 11.2 Å². The molecule has 21 heavy (non-hydrogen) atoms. The first-order chi connectivity index (χ1) is 10.1. The molecular formula is C14H24N4O3. The predicted molar refractivity (Wildman–Crippen MR) is 77.0 cm³/mol. The second-order valence-corrected chi connectivity index (χ2v) is 5.41. The van der Waals surface area contributed by atoms with E-state index in [1.165, 1.54) is 0 Å². The predicted octanol–water partition coefficient (Wildman–Crippen LogP) is 1.17. The Balaban J connectivity index is 1.92. The van der Waals surface area contributed by atoms with Gasteiger partial charge in [-0.25, -0.2) is 0 Å². The highest BCUT2D eigenvalue weighted by Gasteiger charge is 2.30. The van der Waals surface area contributed by atoms with Crippen LogP contribution in [0.15, 0.2) is 4.52 Å². The third-order valence-corrected chi connectivity index (χ3v) is 4.17. The van der Waals surface area contributed by atoms with Crippen molar-refractivity contribution in [2.75, 3.05) is 26.2 Å². The van der Waals surface area contributed by atoms with E-state index in [0.29, 0.717) is 12.3 Å². The average molecular weight is 296 g/mol. The number of carboxylic acid groups (broad SMARTS) is 1. The molecule has 0 bridgehead atoms. The number of carbonyl (C=O) groups is 1. The first-order valence-electron chi connectivity index (χ1n) is 7.60. The second kappa shape index (κ2) is 7.00. The Hall–Kier alpha value is -1.47. The van der Waals surface area contributed by atoms with Gasteiger partial charge in [0.2, 0.25) is 5.89 Å². The quantitative estimate of drug-likeness (QED) is 0.843. The Morgan fingerprint density at radius 3 is 2.38 bits per heavy atom. The number of piperazine rings is 1. The van der Waals surface area contributed by atoms with E-state index in [9.17, 15) is 9.90 Å². The monoisotopic (exact) mass is 296 g/mol. The summed E-state index contributed by atoms with van der Waals surface area (Å²) in [5.41, 5.74) is 0. The SMILES string of the molecule is CCc1noc(C(C)N2CCN(C(CC)C(=O)O)CC2)n1. The summed E-state index contributed by atoms with van der Waals surface area (Å²) in [4.78, 5) is 19.9. The number of aromatic nitrogens is 2. The molecule has 0 aromatic carbocycles. The minimum Gasteiger partial charge on any atom is -0.480 e. The van der Waals surface area contributed by atoms with E-state index in [-0.39, 0.29) is 12.1 Å². The summed E-state index contributed by atoms with van der Waals surface area (Å²) >= 11 is 0. The number of carboxylic acids is 1. The zero-order valence-electron chi connectivity index (χ0n) is 12.9. The Bertz CT molecular complexity index is 469. The normalized spacial score (nSPS) is 20.3. The lowest BCUT2D eigenvalue weighted by Gasteiger charge is -2.39. The lowest BCUT2D eigenvalue weighted by Crippen LogP contribution is -2.52. The highest BCUT2D eigenvalue weighted by Crippen LogP contribution is 2.21. The third kappa shape index (κ3) is 3.59. The number of rotatable bonds is 6. The van der Waals surface area contributed by atoms with Gasteiger partial charge in [0.25, 0.3) is 0 Å². The Morgan fingerprint density at radius 1 is 1.29 bits per heavy atom. The van der Waals surface area contributed by atoms with Crippen molar-refractivity contribution in [3.05, 3.63) is 11.7 Å². The van der Waals surface area contributed by atoms with Gasteiger partial charge in [0.15, 0.2) is 5.82 Å². The van der Waals surface area contributed by atoms with Crippen molar-refractivity contribution in [2.24, 2.45) is 0 Å². The summed E-state index contributed by atoms with van der Waals surface area (Å²) in [6, 6.07) is -0.303. The van der Waals surface area contributed by atoms with E-state index in [4.69, 9.17) is 4.52 Å². The zero-order chi connectivity index (χ0) is 15.4. The lowest BCUT2D eigenvalue weighted by atomic mass is 10.1. The molecule has 1 saturated heterocycles. The molecule has 7 heteroatoms. The first kappa shape index (κ1) is 15.9. The van der Waals surface area contributed by atoms with Crippen molar-refractivity contribution in [3.63, 3.8) is 0 Å². The summed E-state index contributed by atoms with van der Waals surface area (Å²) in [5.74, 6) is 0.640. The van der Waals surface area contributed by atoms with E-state index in [1.807, 2.05) is 18.7 Å². The van der Waals surface area contributed by atoms with Crippen LogP contribution in [0.1, 0.15) is 44.9 Å². The van der Waals surface area contributed by atoms with Crippen LogP contribution in [0.25, 0.3) is 0 Å². The van der Waals surface area contributed by atoms with Crippen molar-refractivity contribution in [2.45, 2.75) is 45.7 Å². The molecule has 2 heterocycles. The molecule has 1 N–H and O–H groups in total. The summed E-state index contributed by atoms with van der Waals surface area (Å²) in [6.45, 7) is 9.10. The minimum absolute atomic E-state index is 0.0739. The Labute approximate surface area is 124 Å². The van der Waals surface area contributed by atoms with Crippen LogP contribution >= 0.6 is 0 Å². The van der Waals surface area contributed by atoms with E-state index < -0.39 is 5.97 Å². The molecule has 0 spiro atoms. The fourth-order valence-corrected chi connectivity index (χ4v) is 2.76. The van der Waals surface area contributed by atoms with Gasteiger partial charge in [-0.05, 0) is 13.3 Å². The van der Waals surface area contributed by atoms with E-state index in [2.05, 4.69) is 22.0 Å². The number of hydrogen-bond donors (Lipinski definition) is 1. The van der Waals surface area contributed by atoms with Gasteiger partial charge in [-0.1, -0.05) is 19.0 Å². The fourth-order valence-electron chi connectivity index (χ4n) is 2.76. The van der Waals surface area contributed by atoms with Gasteiger partial charge in [-0.3, -0.25) is 14.6 Å². The molecule has 1 fully saturated rings. The zero-order valence-corrected chi connectivity index (χ0v) is 12.9. The largest absolute Gasteiger partial charge is 0.480 e. The molecule has 0 saturated carbocycles. The van der Waals surface area contributed by atoms with Crippen LogP contribution in [0.5, 0.6) is 0 Å². The standard InChI is InChI=1S/C14H24N4O3/c1-4-11(14(19)20)18-8-6-17(7-9-18)10(3)13-15-12(5-2)16-21-13/h10-11H,4-9H2,1-3H3,(H,19,20). The average Bonchev–Trinajstić information content (AvgIpc) is 2.96. The van der Waals surface area contributed by atoms with Crippen molar-refractivity contribution in [3.8, 4) is 0 Å². The molecule has 7 nitrogen and oxygen atoms in total. The third-order valence-electron chi connectivity index (χ3n) is 4.17. The van der Waals surface area contributed by atoms with Crippen molar-refractivity contribution in [1.29, 1.82) is 0 Å². The second-order valence-electron chi connectivity index (χ2n) is 5.41. The topological polar surface area (TPSA) is 82.7 Å². The van der Waals surface area contributed by atoms with Gasteiger partial charge in [-0.2, -0.15) is 4.98 Å². The Kier molecular flexibility index (Phi) is 5.30. The number of hydrogen-bond acceptors (Lipinski definition) is 6. The molecule has 2 rings (SSSR count). The van der Waals surface area contributed by atoms with Crippen LogP contribution in [0, 0.1) is 0 Å². The van der Waals surface area contributed by atoms with Gasteiger partial charge in [0.1, 0.15) is 6.04 Å². The molecule has 1 aliphatic rings. The fraction of sp³-hybridized carbons (Fsp3) is 0.786. The molecule has 1 aromatic heterocycles.